The van der Waals surface area contributed by atoms with Crippen molar-refractivity contribution in [3.05, 3.63) is 59.7 Å². The number of fused-ring (bicyclic) bond motifs is 3. The van der Waals surface area contributed by atoms with Gasteiger partial charge < -0.3 is 28.3 Å². The minimum atomic E-state index is -0.0761. The predicted molar refractivity (Wildman–Crippen MR) is 149 cm³/mol. The van der Waals surface area contributed by atoms with Crippen molar-refractivity contribution in [3.8, 4) is 11.1 Å². The molecule has 1 fully saturated rings. The lowest BCUT2D eigenvalue weighted by Crippen LogP contribution is -2.50. The van der Waals surface area contributed by atoms with Crippen LogP contribution in [0, 0.1) is 5.41 Å². The molecule has 37 heavy (non-hydrogen) atoms. The van der Waals surface area contributed by atoms with E-state index in [9.17, 15) is 0 Å². The third-order valence-electron chi connectivity index (χ3n) is 7.98. The molecule has 2 aliphatic rings. The van der Waals surface area contributed by atoms with E-state index in [1.54, 1.807) is 14.2 Å². The smallest absolute Gasteiger partial charge is 0.413 e. The largest absolute Gasteiger partial charge is 0.438 e. The molecule has 0 bridgehead atoms. The van der Waals surface area contributed by atoms with Crippen LogP contribution in [0.15, 0.2) is 48.5 Å². The Morgan fingerprint density at radius 3 is 1.59 bits per heavy atom. The summed E-state index contributed by atoms with van der Waals surface area (Å²) < 4.78 is 32.6. The van der Waals surface area contributed by atoms with Gasteiger partial charge in [-0.1, -0.05) is 62.4 Å². The van der Waals surface area contributed by atoms with Crippen LogP contribution in [0.3, 0.4) is 0 Å². The van der Waals surface area contributed by atoms with Crippen molar-refractivity contribution in [2.45, 2.75) is 51.6 Å². The Bertz CT molecular complexity index is 883. The summed E-state index contributed by atoms with van der Waals surface area (Å²) in [6.45, 7) is 13.2. The van der Waals surface area contributed by atoms with Crippen molar-refractivity contribution in [2.24, 2.45) is 5.41 Å². The van der Waals surface area contributed by atoms with E-state index in [1.807, 2.05) is 0 Å². The van der Waals surface area contributed by atoms with Gasteiger partial charge in [-0.3, -0.25) is 0 Å². The zero-order valence-corrected chi connectivity index (χ0v) is 23.6. The maximum absolute atomic E-state index is 5.85. The highest BCUT2D eigenvalue weighted by atomic mass is 16.6. The second kappa shape index (κ2) is 13.9. The number of benzene rings is 2. The SMILES string of the molecule is CC1(C)COBOC1(C)C.COCCOCCC1(CCOCCOC)c2ccccc2-c2ccccc21. The molecule has 1 aliphatic heterocycles. The molecule has 0 spiro atoms. The second-order valence-corrected chi connectivity index (χ2v) is 10.9. The van der Waals surface area contributed by atoms with Crippen LogP contribution in [-0.4, -0.2) is 73.8 Å². The molecule has 2 aromatic rings. The first-order chi connectivity index (χ1) is 17.8. The van der Waals surface area contributed by atoms with Crippen LogP contribution in [0.4, 0.5) is 0 Å². The Morgan fingerprint density at radius 2 is 1.19 bits per heavy atom. The fourth-order valence-corrected chi connectivity index (χ4v) is 4.92. The summed E-state index contributed by atoms with van der Waals surface area (Å²) in [6, 6.07) is 17.5. The summed E-state index contributed by atoms with van der Waals surface area (Å²) in [5.74, 6) is 0. The monoisotopic (exact) mass is 512 g/mol. The third-order valence-corrected chi connectivity index (χ3v) is 7.98. The Kier molecular flexibility index (Phi) is 11.2. The molecule has 4 rings (SSSR count). The number of rotatable bonds is 12. The predicted octanol–water partition coefficient (Wildman–Crippen LogP) is 5.16. The van der Waals surface area contributed by atoms with Crippen LogP contribution < -0.4 is 0 Å². The van der Waals surface area contributed by atoms with E-state index in [2.05, 4.69) is 76.2 Å². The van der Waals surface area contributed by atoms with Crippen molar-refractivity contribution in [3.63, 3.8) is 0 Å². The van der Waals surface area contributed by atoms with Gasteiger partial charge in [0.1, 0.15) is 0 Å². The molecule has 0 aromatic heterocycles. The molecule has 1 heterocycles. The number of methoxy groups -OCH3 is 2. The highest BCUT2D eigenvalue weighted by Crippen LogP contribution is 2.52. The quantitative estimate of drug-likeness (QED) is 0.289. The van der Waals surface area contributed by atoms with Crippen molar-refractivity contribution in [1.82, 2.24) is 0 Å². The zero-order valence-electron chi connectivity index (χ0n) is 23.6. The topological polar surface area (TPSA) is 55.4 Å². The standard InChI is InChI=1S/C23H30O4.C7H15BO2/c1-24-15-17-26-13-11-23(12-14-27-18-16-25-2)21-9-5-3-7-19(21)20-8-4-6-10-22(20)23;1-6(2)5-9-8-10-7(6,3)4/h3-10H,11-18H2,1-2H3;8H,5H2,1-4H3. The van der Waals surface area contributed by atoms with Gasteiger partial charge in [-0.25, -0.2) is 0 Å². The Hall–Kier alpha value is -1.74. The molecule has 0 radical (unpaired) electrons. The average molecular weight is 512 g/mol. The summed E-state index contributed by atoms with van der Waals surface area (Å²) in [4.78, 5) is 0. The maximum Gasteiger partial charge on any atom is 0.438 e. The van der Waals surface area contributed by atoms with Gasteiger partial charge in [0.2, 0.25) is 0 Å². The first-order valence-corrected chi connectivity index (χ1v) is 13.3. The molecule has 0 atom stereocenters. The molecular weight excluding hydrogens is 467 g/mol. The molecule has 204 valence electrons. The number of ether oxygens (including phenoxy) is 4. The molecule has 0 amide bonds. The summed E-state index contributed by atoms with van der Waals surface area (Å²) in [5, 5.41) is 0. The lowest BCUT2D eigenvalue weighted by Gasteiger charge is -2.45. The van der Waals surface area contributed by atoms with E-state index in [1.165, 1.54) is 22.3 Å². The van der Waals surface area contributed by atoms with Gasteiger partial charge in [0.15, 0.2) is 0 Å². The number of hydrogen-bond donors (Lipinski definition) is 0. The van der Waals surface area contributed by atoms with E-state index < -0.39 is 0 Å². The van der Waals surface area contributed by atoms with Crippen LogP contribution in [0.1, 0.15) is 51.7 Å². The van der Waals surface area contributed by atoms with E-state index in [0.717, 1.165) is 19.4 Å². The molecule has 0 N–H and O–H groups in total. The maximum atomic E-state index is 5.85. The first kappa shape index (κ1) is 29.8. The Balaban J connectivity index is 0.000000319. The molecule has 0 unspecified atom stereocenters. The fraction of sp³-hybridized carbons (Fsp3) is 0.600. The van der Waals surface area contributed by atoms with Gasteiger partial charge in [-0.2, -0.15) is 0 Å². The average Bonchev–Trinajstić information content (AvgIpc) is 3.16. The highest BCUT2D eigenvalue weighted by molar-refractivity contribution is 6.18. The van der Waals surface area contributed by atoms with Gasteiger partial charge in [-0.15, -0.1) is 0 Å². The van der Waals surface area contributed by atoms with E-state index in [4.69, 9.17) is 28.3 Å². The Labute approximate surface area is 224 Å². The van der Waals surface area contributed by atoms with Gasteiger partial charge in [-0.05, 0) is 48.9 Å². The fourth-order valence-electron chi connectivity index (χ4n) is 4.92. The van der Waals surface area contributed by atoms with Crippen molar-refractivity contribution >= 4 is 7.69 Å². The molecule has 1 saturated heterocycles. The van der Waals surface area contributed by atoms with Gasteiger partial charge in [0.25, 0.3) is 0 Å². The van der Waals surface area contributed by atoms with Crippen molar-refractivity contribution < 1.29 is 28.3 Å². The molecule has 6 nitrogen and oxygen atoms in total. The molecular formula is C30H45BO6. The molecule has 0 saturated carbocycles. The van der Waals surface area contributed by atoms with E-state index in [0.29, 0.717) is 47.3 Å². The minimum absolute atomic E-state index is 0.0503. The van der Waals surface area contributed by atoms with Crippen molar-refractivity contribution in [2.75, 3.05) is 60.5 Å². The van der Waals surface area contributed by atoms with Crippen LogP contribution in [0.25, 0.3) is 11.1 Å². The normalized spacial score (nSPS) is 18.2. The number of hydrogen-bond acceptors (Lipinski definition) is 6. The van der Waals surface area contributed by atoms with Crippen LogP contribution in [0.5, 0.6) is 0 Å². The molecule has 1 aliphatic carbocycles. The first-order valence-electron chi connectivity index (χ1n) is 13.3. The van der Waals surface area contributed by atoms with Crippen LogP contribution >= 0.6 is 0 Å². The van der Waals surface area contributed by atoms with Crippen molar-refractivity contribution in [1.29, 1.82) is 0 Å². The minimum Gasteiger partial charge on any atom is -0.413 e. The summed E-state index contributed by atoms with van der Waals surface area (Å²) >= 11 is 0. The zero-order chi connectivity index (χ0) is 26.8. The molecule has 7 heteroatoms. The van der Waals surface area contributed by atoms with Gasteiger partial charge in [0, 0.05) is 44.9 Å². The lowest BCUT2D eigenvalue weighted by atomic mass is 9.73. The molecule has 2 aromatic carbocycles. The summed E-state index contributed by atoms with van der Waals surface area (Å²) in [5.41, 5.74) is 5.45. The third kappa shape index (κ3) is 7.22. The summed E-state index contributed by atoms with van der Waals surface area (Å²) in [7, 11) is 3.84. The van der Waals surface area contributed by atoms with Gasteiger partial charge in [0.05, 0.1) is 32.0 Å². The second-order valence-electron chi connectivity index (χ2n) is 10.9. The Morgan fingerprint density at radius 1 is 0.703 bits per heavy atom. The van der Waals surface area contributed by atoms with Crippen LogP contribution in [-0.2, 0) is 33.7 Å². The van der Waals surface area contributed by atoms with E-state index >= 15 is 0 Å². The highest BCUT2D eigenvalue weighted by Gasteiger charge is 2.42. The summed E-state index contributed by atoms with van der Waals surface area (Å²) in [6.07, 6.45) is 1.86. The van der Waals surface area contributed by atoms with Crippen LogP contribution in [0.2, 0.25) is 0 Å². The van der Waals surface area contributed by atoms with E-state index in [-0.39, 0.29) is 16.4 Å². The lowest BCUT2D eigenvalue weighted by molar-refractivity contribution is -0.0873. The van der Waals surface area contributed by atoms with Gasteiger partial charge >= 0.3 is 7.69 Å².